The van der Waals surface area contributed by atoms with Crippen LogP contribution >= 0.6 is 0 Å². The molecule has 1 aromatic carbocycles. The third-order valence-electron chi connectivity index (χ3n) is 3.16. The van der Waals surface area contributed by atoms with E-state index in [9.17, 15) is 4.79 Å². The van der Waals surface area contributed by atoms with E-state index in [1.54, 1.807) is 7.11 Å². The maximum Gasteiger partial charge on any atom is 0.246 e. The van der Waals surface area contributed by atoms with Crippen LogP contribution in [0.25, 0.3) is 0 Å². The lowest BCUT2D eigenvalue weighted by Gasteiger charge is -2.19. The molecule has 0 N–H and O–H groups in total. The fraction of sp³-hybridized carbons (Fsp3) is 0.562. The van der Waals surface area contributed by atoms with Gasteiger partial charge < -0.3 is 0 Å². The van der Waals surface area contributed by atoms with Gasteiger partial charge in [-0.25, -0.2) is 5.06 Å². The first-order valence-electron chi connectivity index (χ1n) is 7.16. The van der Waals surface area contributed by atoms with Crippen LogP contribution < -0.4 is 0 Å². The Hall–Kier alpha value is -1.35. The van der Waals surface area contributed by atoms with E-state index < -0.39 is 0 Å². The molecule has 0 aromatic heterocycles. The number of nitrogens with zero attached hydrogens (tertiary/aromatic N) is 1. The summed E-state index contributed by atoms with van der Waals surface area (Å²) in [4.78, 5) is 17.2. The second-order valence-corrected chi connectivity index (χ2v) is 4.76. The first-order valence-corrected chi connectivity index (χ1v) is 7.16. The van der Waals surface area contributed by atoms with E-state index in [4.69, 9.17) is 4.84 Å². The van der Waals surface area contributed by atoms with Crippen molar-refractivity contribution in [3.8, 4) is 0 Å². The number of carbonyl (C=O) groups is 1. The maximum absolute atomic E-state index is 12.0. The highest BCUT2D eigenvalue weighted by atomic mass is 16.7. The molecule has 0 saturated carbocycles. The Balaban J connectivity index is 2.31. The molecule has 0 unspecified atom stereocenters. The number of carbonyl (C=O) groups excluding carboxylic acids is 1. The Kier molecular flexibility index (Phi) is 7.91. The van der Waals surface area contributed by atoms with Crippen LogP contribution in [0.5, 0.6) is 0 Å². The van der Waals surface area contributed by atoms with E-state index in [0.717, 1.165) is 18.4 Å². The monoisotopic (exact) mass is 263 g/mol. The van der Waals surface area contributed by atoms with E-state index >= 15 is 0 Å². The Bertz CT molecular complexity index is 351. The zero-order chi connectivity index (χ0) is 13.9. The molecule has 0 fully saturated rings. The summed E-state index contributed by atoms with van der Waals surface area (Å²) >= 11 is 0. The summed E-state index contributed by atoms with van der Waals surface area (Å²) in [6.45, 7) is 2.71. The molecule has 0 radical (unpaired) electrons. The lowest BCUT2D eigenvalue weighted by atomic mass is 10.1. The fourth-order valence-electron chi connectivity index (χ4n) is 2.01. The van der Waals surface area contributed by atoms with Crippen molar-refractivity contribution in [1.82, 2.24) is 5.06 Å². The number of hydrogen-bond donors (Lipinski definition) is 0. The van der Waals surface area contributed by atoms with E-state index in [0.29, 0.717) is 13.0 Å². The number of hydroxylamine groups is 2. The number of amides is 1. The van der Waals surface area contributed by atoms with Gasteiger partial charge >= 0.3 is 0 Å². The van der Waals surface area contributed by atoms with Crippen LogP contribution in [0.3, 0.4) is 0 Å². The Morgan fingerprint density at radius 3 is 2.42 bits per heavy atom. The highest BCUT2D eigenvalue weighted by Gasteiger charge is 2.12. The molecule has 1 amide bonds. The molecule has 0 aliphatic rings. The van der Waals surface area contributed by atoms with Crippen LogP contribution in [0.4, 0.5) is 0 Å². The van der Waals surface area contributed by atoms with Gasteiger partial charge in [0.1, 0.15) is 0 Å². The van der Waals surface area contributed by atoms with Crippen molar-refractivity contribution in [2.75, 3.05) is 7.11 Å². The molecule has 0 heterocycles. The van der Waals surface area contributed by atoms with Gasteiger partial charge in [-0.3, -0.25) is 9.63 Å². The second kappa shape index (κ2) is 9.56. The quantitative estimate of drug-likeness (QED) is 0.499. The zero-order valence-corrected chi connectivity index (χ0v) is 12.1. The first kappa shape index (κ1) is 15.7. The minimum absolute atomic E-state index is 0.0721. The summed E-state index contributed by atoms with van der Waals surface area (Å²) in [5, 5.41) is 1.45. The van der Waals surface area contributed by atoms with Crippen molar-refractivity contribution < 1.29 is 9.63 Å². The van der Waals surface area contributed by atoms with Crippen LogP contribution in [0, 0.1) is 0 Å². The summed E-state index contributed by atoms with van der Waals surface area (Å²) in [5.41, 5.74) is 1.09. The predicted octanol–water partition coefficient (Wildman–Crippen LogP) is 3.94. The summed E-state index contributed by atoms with van der Waals surface area (Å²) in [7, 11) is 1.55. The largest absolute Gasteiger partial charge is 0.274 e. The van der Waals surface area contributed by atoms with Crippen LogP contribution in [0.2, 0.25) is 0 Å². The van der Waals surface area contributed by atoms with Gasteiger partial charge in [0, 0.05) is 6.42 Å². The van der Waals surface area contributed by atoms with Crippen molar-refractivity contribution >= 4 is 5.91 Å². The molecule has 1 aromatic rings. The third kappa shape index (κ3) is 6.39. The minimum Gasteiger partial charge on any atom is -0.274 e. The van der Waals surface area contributed by atoms with E-state index in [1.165, 1.54) is 24.3 Å². The average molecular weight is 263 g/mol. The van der Waals surface area contributed by atoms with Gasteiger partial charge in [0.15, 0.2) is 0 Å². The molecule has 3 nitrogen and oxygen atoms in total. The van der Waals surface area contributed by atoms with Crippen LogP contribution in [0.1, 0.15) is 51.0 Å². The Morgan fingerprint density at radius 1 is 1.11 bits per heavy atom. The highest BCUT2D eigenvalue weighted by Crippen LogP contribution is 2.10. The number of benzene rings is 1. The van der Waals surface area contributed by atoms with E-state index in [2.05, 4.69) is 6.92 Å². The normalized spacial score (nSPS) is 10.4. The molecule has 0 bridgehead atoms. The average Bonchev–Trinajstić information content (AvgIpc) is 2.45. The summed E-state index contributed by atoms with van der Waals surface area (Å²) in [6, 6.07) is 9.91. The van der Waals surface area contributed by atoms with Gasteiger partial charge in [0.25, 0.3) is 0 Å². The zero-order valence-electron chi connectivity index (χ0n) is 12.1. The topological polar surface area (TPSA) is 29.5 Å². The number of unbranched alkanes of at least 4 members (excludes halogenated alkanes) is 4. The van der Waals surface area contributed by atoms with E-state index in [-0.39, 0.29) is 5.91 Å². The van der Waals surface area contributed by atoms with Crippen molar-refractivity contribution in [3.05, 3.63) is 35.9 Å². The number of rotatable bonds is 9. The SMILES string of the molecule is CCCCCCCC(=O)N(Cc1ccccc1)OC. The number of hydrogen-bond acceptors (Lipinski definition) is 2. The lowest BCUT2D eigenvalue weighted by Crippen LogP contribution is -2.29. The van der Waals surface area contributed by atoms with Crippen LogP contribution in [0.15, 0.2) is 30.3 Å². The predicted molar refractivity (Wildman–Crippen MR) is 77.4 cm³/mol. The Morgan fingerprint density at radius 2 is 1.79 bits per heavy atom. The molecular formula is C16H25NO2. The molecule has 19 heavy (non-hydrogen) atoms. The van der Waals surface area contributed by atoms with Gasteiger partial charge in [0.2, 0.25) is 5.91 Å². The van der Waals surface area contributed by atoms with Gasteiger partial charge in [-0.05, 0) is 12.0 Å². The summed E-state index contributed by atoms with van der Waals surface area (Å²) < 4.78 is 0. The standard InChI is InChI=1S/C16H25NO2/c1-3-4-5-6-10-13-16(18)17(19-2)14-15-11-8-7-9-12-15/h7-9,11-12H,3-6,10,13-14H2,1-2H3. The Labute approximate surface area is 116 Å². The smallest absolute Gasteiger partial charge is 0.246 e. The van der Waals surface area contributed by atoms with E-state index in [1.807, 2.05) is 30.3 Å². The van der Waals surface area contributed by atoms with Crippen LogP contribution in [-0.4, -0.2) is 18.1 Å². The minimum atomic E-state index is 0.0721. The second-order valence-electron chi connectivity index (χ2n) is 4.76. The summed E-state index contributed by atoms with van der Waals surface area (Å²) in [6.07, 6.45) is 6.36. The van der Waals surface area contributed by atoms with Crippen LogP contribution in [-0.2, 0) is 16.2 Å². The first-order chi connectivity index (χ1) is 9.27. The van der Waals surface area contributed by atoms with Gasteiger partial charge in [-0.2, -0.15) is 0 Å². The maximum atomic E-state index is 12.0. The molecule has 0 atom stereocenters. The molecule has 1 rings (SSSR count). The third-order valence-corrected chi connectivity index (χ3v) is 3.16. The van der Waals surface area contributed by atoms with Crippen molar-refractivity contribution in [2.24, 2.45) is 0 Å². The fourth-order valence-corrected chi connectivity index (χ4v) is 2.01. The van der Waals surface area contributed by atoms with Gasteiger partial charge in [-0.1, -0.05) is 62.9 Å². The van der Waals surface area contributed by atoms with Crippen molar-refractivity contribution in [3.63, 3.8) is 0 Å². The molecule has 0 saturated heterocycles. The van der Waals surface area contributed by atoms with Crippen molar-refractivity contribution in [1.29, 1.82) is 0 Å². The van der Waals surface area contributed by atoms with Gasteiger partial charge in [-0.15, -0.1) is 0 Å². The van der Waals surface area contributed by atoms with Gasteiger partial charge in [0.05, 0.1) is 13.7 Å². The van der Waals surface area contributed by atoms with Crippen molar-refractivity contribution in [2.45, 2.75) is 52.0 Å². The molecular weight excluding hydrogens is 238 g/mol. The lowest BCUT2D eigenvalue weighted by molar-refractivity contribution is -0.179. The summed E-state index contributed by atoms with van der Waals surface area (Å²) in [5.74, 6) is 0.0721. The molecule has 0 aliphatic carbocycles. The molecule has 0 spiro atoms. The molecule has 0 aliphatic heterocycles. The molecule has 3 heteroatoms. The molecule has 106 valence electrons. The highest BCUT2D eigenvalue weighted by molar-refractivity contribution is 5.75.